The average Bonchev–Trinajstić information content (AvgIpc) is 3.23. The maximum absolute atomic E-state index is 13.7. The Morgan fingerprint density at radius 3 is 2.22 bits per heavy atom. The van der Waals surface area contributed by atoms with Gasteiger partial charge in [0.2, 0.25) is 5.69 Å². The molecule has 2 aromatic rings. The fourth-order valence-corrected chi connectivity index (χ4v) is 6.37. The zero-order valence-corrected chi connectivity index (χ0v) is 22.7. The summed E-state index contributed by atoms with van der Waals surface area (Å²) in [6, 6.07) is 17.2. The maximum atomic E-state index is 13.7. The Hall–Kier alpha value is -3.24. The molecule has 0 aromatic heterocycles. The van der Waals surface area contributed by atoms with Gasteiger partial charge in [-0.3, -0.25) is 9.89 Å². The molecule has 0 spiro atoms. The summed E-state index contributed by atoms with van der Waals surface area (Å²) in [5, 5.41) is 13.7. The topological polar surface area (TPSA) is 42.9 Å². The Balaban J connectivity index is 1.63. The molecule has 3 aliphatic rings. The Morgan fingerprint density at radius 2 is 1.56 bits per heavy atom. The van der Waals surface area contributed by atoms with Crippen molar-refractivity contribution in [3.63, 3.8) is 0 Å². The average molecular weight is 481 g/mol. The lowest BCUT2D eigenvalue weighted by Crippen LogP contribution is -3.04. The van der Waals surface area contributed by atoms with Crippen LogP contribution in [-0.2, 0) is 10.8 Å². The van der Waals surface area contributed by atoms with Gasteiger partial charge in [-0.2, -0.15) is 4.58 Å². The Bertz CT molecular complexity index is 1400. The van der Waals surface area contributed by atoms with E-state index >= 15 is 0 Å². The highest BCUT2D eigenvalue weighted by Gasteiger charge is 2.47. The van der Waals surface area contributed by atoms with Gasteiger partial charge in [-0.15, -0.1) is 0 Å². The van der Waals surface area contributed by atoms with Gasteiger partial charge in [0, 0.05) is 35.9 Å². The van der Waals surface area contributed by atoms with Crippen molar-refractivity contribution in [3.05, 3.63) is 94.4 Å². The van der Waals surface area contributed by atoms with Gasteiger partial charge < -0.3 is 5.11 Å². The van der Waals surface area contributed by atoms with Gasteiger partial charge in [0.1, 0.15) is 17.9 Å². The van der Waals surface area contributed by atoms with Gasteiger partial charge >= 0.3 is 0 Å². The van der Waals surface area contributed by atoms with Crippen LogP contribution in [0.2, 0.25) is 0 Å². The summed E-state index contributed by atoms with van der Waals surface area (Å²) in [5.74, 6) is 0.104. The Morgan fingerprint density at radius 1 is 0.889 bits per heavy atom. The van der Waals surface area contributed by atoms with Crippen molar-refractivity contribution >= 4 is 22.8 Å². The van der Waals surface area contributed by atoms with Crippen molar-refractivity contribution in [1.82, 2.24) is 0 Å². The maximum Gasteiger partial charge on any atom is 0.209 e. The fourth-order valence-electron chi connectivity index (χ4n) is 6.37. The number of fused-ring (bicyclic) bond motifs is 2. The van der Waals surface area contributed by atoms with Gasteiger partial charge in [0.15, 0.2) is 5.71 Å². The molecule has 0 saturated heterocycles. The first-order valence-electron chi connectivity index (χ1n) is 13.3. The number of hydrogen-bond donors (Lipinski definition) is 1. The minimum absolute atomic E-state index is 0.104. The molecule has 186 valence electrons. The molecule has 36 heavy (non-hydrogen) atoms. The van der Waals surface area contributed by atoms with Crippen molar-refractivity contribution in [3.8, 4) is 0 Å². The first-order chi connectivity index (χ1) is 17.2. The van der Waals surface area contributed by atoms with Crippen LogP contribution in [0.3, 0.4) is 0 Å². The van der Waals surface area contributed by atoms with E-state index in [2.05, 4.69) is 107 Å². The molecule has 4 nitrogen and oxygen atoms in total. The number of benzene rings is 2. The standard InChI is InChI=1S/C32H37N3O/c1-8-33-29-21(19-27-31(4,5)23-15-11-13-17-25(23)34(27)9-2)30(36)22(29)20-28-32(6,7)24-16-12-14-18-26(24)35(28)10-3/h11-20H,8-10H2,1-7H3/p+1. The highest BCUT2D eigenvalue weighted by molar-refractivity contribution is 6.26. The van der Waals surface area contributed by atoms with E-state index in [4.69, 9.17) is 4.99 Å². The van der Waals surface area contributed by atoms with Gasteiger partial charge in [0.05, 0.1) is 23.1 Å². The van der Waals surface area contributed by atoms with Gasteiger partial charge in [-0.25, -0.2) is 0 Å². The van der Waals surface area contributed by atoms with Crippen molar-refractivity contribution in [2.45, 2.75) is 59.3 Å². The Kier molecular flexibility index (Phi) is 5.91. The summed E-state index contributed by atoms with van der Waals surface area (Å²) in [7, 11) is 0. The van der Waals surface area contributed by atoms with E-state index in [-0.39, 0.29) is 16.6 Å². The normalized spacial score (nSPS) is 25.1. The number of para-hydroxylation sites is 2. The first-order valence-corrected chi connectivity index (χ1v) is 13.3. The van der Waals surface area contributed by atoms with E-state index in [1.165, 1.54) is 38.8 Å². The summed E-state index contributed by atoms with van der Waals surface area (Å²) in [6.07, 6.45) is 4.26. The zero-order chi connectivity index (χ0) is 25.8. The lowest BCUT2D eigenvalue weighted by molar-refractivity contribution is -0.786. The smallest absolute Gasteiger partial charge is 0.209 e. The van der Waals surface area contributed by atoms with Crippen LogP contribution in [0.5, 0.6) is 0 Å². The number of nitrogens with zero attached hydrogens (tertiary/aromatic N) is 2. The van der Waals surface area contributed by atoms with E-state index in [1.54, 1.807) is 0 Å². The monoisotopic (exact) mass is 480 g/mol. The second-order valence-corrected chi connectivity index (χ2v) is 11.0. The lowest BCUT2D eigenvalue weighted by atomic mass is 9.77. The number of likely N-dealkylation sites (N-methyl/N-ethyl adjacent to an activating group) is 1. The molecule has 1 aliphatic carbocycles. The number of rotatable bonds is 5. The predicted molar refractivity (Wildman–Crippen MR) is 147 cm³/mol. The number of allylic oxidation sites excluding steroid dienone is 5. The molecule has 2 heterocycles. The molecule has 0 fully saturated rings. The number of hydrogen-bond acceptors (Lipinski definition) is 2. The molecule has 0 amide bonds. The largest absolute Gasteiger partial charge is 0.872 e. The molecule has 5 rings (SSSR count). The van der Waals surface area contributed by atoms with Gasteiger partial charge in [-0.05, 0) is 65.7 Å². The quantitative estimate of drug-likeness (QED) is 0.629. The van der Waals surface area contributed by atoms with Crippen molar-refractivity contribution in [1.29, 1.82) is 0 Å². The second kappa shape index (κ2) is 8.70. The fraction of sp³-hybridized carbons (Fsp3) is 0.375. The highest BCUT2D eigenvalue weighted by atomic mass is 16.3. The predicted octanol–water partition coefficient (Wildman–Crippen LogP) is 4.51. The molecular formula is C32H38N3O+. The van der Waals surface area contributed by atoms with Crippen LogP contribution < -0.4 is 10.0 Å². The molecule has 4 heteroatoms. The van der Waals surface area contributed by atoms with E-state index in [9.17, 15) is 5.11 Å². The van der Waals surface area contributed by atoms with E-state index < -0.39 is 0 Å². The summed E-state index contributed by atoms with van der Waals surface area (Å²) in [4.78, 5) is 6.16. The molecule has 2 aromatic carbocycles. The van der Waals surface area contributed by atoms with Crippen molar-refractivity contribution in [2.75, 3.05) is 19.6 Å². The molecule has 1 unspecified atom stereocenters. The molecule has 0 radical (unpaired) electrons. The SMILES string of the molecule is CCN=C1C(=CC2=[N+](CC)c3ccccc3C2(C)C)C([O-])=C1C=C1[NH+](CC)c2ccccc2C1(C)C. The van der Waals surface area contributed by atoms with Gasteiger partial charge in [-0.1, -0.05) is 42.2 Å². The van der Waals surface area contributed by atoms with E-state index in [1.807, 2.05) is 6.92 Å². The summed E-state index contributed by atoms with van der Waals surface area (Å²) >= 11 is 0. The Labute approximate surface area is 215 Å². The molecule has 2 aliphatic heterocycles. The molecule has 1 N–H and O–H groups in total. The van der Waals surface area contributed by atoms with Crippen LogP contribution in [0.25, 0.3) is 0 Å². The number of quaternary nitrogens is 1. The molecular weight excluding hydrogens is 442 g/mol. The number of aliphatic imine (C=N–C) groups is 1. The first kappa shape index (κ1) is 24.5. The van der Waals surface area contributed by atoms with E-state index in [0.29, 0.717) is 6.54 Å². The third-order valence-corrected chi connectivity index (χ3v) is 8.28. The van der Waals surface area contributed by atoms with Crippen LogP contribution in [0.1, 0.15) is 59.6 Å². The lowest BCUT2D eigenvalue weighted by Gasteiger charge is -2.34. The van der Waals surface area contributed by atoms with Crippen LogP contribution in [-0.4, -0.2) is 35.6 Å². The van der Waals surface area contributed by atoms with Crippen LogP contribution in [0.4, 0.5) is 11.4 Å². The molecule has 0 bridgehead atoms. The highest BCUT2D eigenvalue weighted by Crippen LogP contribution is 2.43. The van der Waals surface area contributed by atoms with Gasteiger partial charge in [0.25, 0.3) is 0 Å². The minimum atomic E-state index is -0.177. The molecule has 1 atom stereocenters. The second-order valence-electron chi connectivity index (χ2n) is 11.0. The third-order valence-electron chi connectivity index (χ3n) is 8.28. The molecule has 0 saturated carbocycles. The minimum Gasteiger partial charge on any atom is -0.872 e. The van der Waals surface area contributed by atoms with E-state index in [0.717, 1.165) is 29.9 Å². The van der Waals surface area contributed by atoms with Crippen LogP contribution >= 0.6 is 0 Å². The van der Waals surface area contributed by atoms with Crippen molar-refractivity contribution in [2.24, 2.45) is 4.99 Å². The van der Waals surface area contributed by atoms with Crippen LogP contribution in [0, 0.1) is 0 Å². The zero-order valence-electron chi connectivity index (χ0n) is 22.7. The third kappa shape index (κ3) is 3.38. The summed E-state index contributed by atoms with van der Waals surface area (Å²) in [6.45, 7) is 17.9. The van der Waals surface area contributed by atoms with Crippen molar-refractivity contribution < 1.29 is 14.6 Å². The van der Waals surface area contributed by atoms with Crippen LogP contribution in [0.15, 0.2) is 88.3 Å². The number of nitrogens with one attached hydrogen (secondary N) is 1. The summed E-state index contributed by atoms with van der Waals surface area (Å²) < 4.78 is 2.34. The summed E-state index contributed by atoms with van der Waals surface area (Å²) in [5.41, 5.74) is 9.62.